The van der Waals surface area contributed by atoms with E-state index < -0.39 is 0 Å². The minimum atomic E-state index is -0.00734. The first kappa shape index (κ1) is 26.5. The van der Waals surface area contributed by atoms with Gasteiger partial charge in [-0.1, -0.05) is 57.2 Å². The molecule has 0 spiro atoms. The van der Waals surface area contributed by atoms with Gasteiger partial charge < -0.3 is 15.5 Å². The Morgan fingerprint density at radius 2 is 1.94 bits per heavy atom. The molecule has 0 heterocycles. The van der Waals surface area contributed by atoms with Crippen LogP contribution in [0.2, 0.25) is 5.02 Å². The molecule has 1 amide bonds. The molecule has 186 valence electrons. The third-order valence-corrected chi connectivity index (χ3v) is 8.50. The fraction of sp³-hybridized carbons (Fsp3) is 0.750. The first-order valence-electron chi connectivity index (χ1n) is 13.5. The maximum absolute atomic E-state index is 13.0. The van der Waals surface area contributed by atoms with Gasteiger partial charge in [-0.15, -0.1) is 0 Å². The summed E-state index contributed by atoms with van der Waals surface area (Å²) in [6.45, 7) is 11.9. The van der Waals surface area contributed by atoms with E-state index in [1.807, 2.05) is 12.1 Å². The summed E-state index contributed by atoms with van der Waals surface area (Å²) in [5.74, 6) is 0.872. The summed E-state index contributed by atoms with van der Waals surface area (Å²) in [5.41, 5.74) is 2.15. The Bertz CT molecular complexity index is 739. The van der Waals surface area contributed by atoms with E-state index in [2.05, 4.69) is 42.4 Å². The fourth-order valence-corrected chi connectivity index (χ4v) is 6.20. The molecular formula is C28H46ClN3O. The predicted molar refractivity (Wildman–Crippen MR) is 140 cm³/mol. The highest BCUT2D eigenvalue weighted by molar-refractivity contribution is 6.33. The molecule has 2 saturated carbocycles. The Balaban J connectivity index is 1.43. The van der Waals surface area contributed by atoms with Gasteiger partial charge >= 0.3 is 0 Å². The standard InChI is InChI=1S/C28H46ClN3O/c1-4-32(5-2)18-14-22(3)30-17-8-11-23-12-13-26(29)25(19-23)27(33)31-21-28-15-6-9-24(20-28)10-7-16-28/h12-13,19,22,24,30H,4-11,14-18,20-21H2,1-3H3,(H,31,33). The van der Waals surface area contributed by atoms with Gasteiger partial charge in [0.1, 0.15) is 0 Å². The predicted octanol–water partition coefficient (Wildman–Crippen LogP) is 6.07. The molecular weight excluding hydrogens is 430 g/mol. The van der Waals surface area contributed by atoms with Gasteiger partial charge in [0.15, 0.2) is 0 Å². The van der Waals surface area contributed by atoms with Crippen molar-refractivity contribution < 1.29 is 4.79 Å². The monoisotopic (exact) mass is 475 g/mol. The highest BCUT2D eigenvalue weighted by atomic mass is 35.5. The van der Waals surface area contributed by atoms with E-state index in [0.717, 1.165) is 51.5 Å². The summed E-state index contributed by atoms with van der Waals surface area (Å²) in [6, 6.07) is 6.48. The highest BCUT2D eigenvalue weighted by Crippen LogP contribution is 2.48. The van der Waals surface area contributed by atoms with E-state index in [-0.39, 0.29) is 5.91 Å². The lowest BCUT2D eigenvalue weighted by molar-refractivity contribution is 0.0682. The molecule has 3 rings (SSSR count). The molecule has 4 nitrogen and oxygen atoms in total. The Kier molecular flexibility index (Phi) is 10.5. The number of halogens is 1. The molecule has 2 aliphatic carbocycles. The lowest BCUT2D eigenvalue weighted by Gasteiger charge is -2.45. The summed E-state index contributed by atoms with van der Waals surface area (Å²) >= 11 is 6.43. The lowest BCUT2D eigenvalue weighted by atomic mass is 9.62. The SMILES string of the molecule is CCN(CC)CCC(C)NCCCc1ccc(Cl)c(C(=O)NCC23CCCC(CCC2)C3)c1. The quantitative estimate of drug-likeness (QED) is 0.340. The molecule has 1 aromatic rings. The van der Waals surface area contributed by atoms with Gasteiger partial charge in [0.05, 0.1) is 10.6 Å². The van der Waals surface area contributed by atoms with Crippen LogP contribution in [-0.2, 0) is 6.42 Å². The molecule has 2 fully saturated rings. The normalized spacial score (nSPS) is 23.5. The fourth-order valence-electron chi connectivity index (χ4n) is 5.99. The van der Waals surface area contributed by atoms with E-state index in [1.165, 1.54) is 56.9 Å². The molecule has 1 aromatic carbocycles. The van der Waals surface area contributed by atoms with Gasteiger partial charge in [0.2, 0.25) is 0 Å². The molecule has 2 bridgehead atoms. The number of fused-ring (bicyclic) bond motifs is 2. The van der Waals surface area contributed by atoms with E-state index in [9.17, 15) is 4.79 Å². The number of carbonyl (C=O) groups excluding carboxylic acids is 1. The number of hydrogen-bond acceptors (Lipinski definition) is 3. The van der Waals surface area contributed by atoms with Crippen molar-refractivity contribution in [3.8, 4) is 0 Å². The molecule has 1 atom stereocenters. The zero-order chi connectivity index (χ0) is 23.7. The first-order valence-corrected chi connectivity index (χ1v) is 13.8. The summed E-state index contributed by atoms with van der Waals surface area (Å²) in [7, 11) is 0. The molecule has 2 N–H and O–H groups in total. The number of carbonyl (C=O) groups is 1. The van der Waals surface area contributed by atoms with Crippen molar-refractivity contribution in [3.05, 3.63) is 34.3 Å². The van der Waals surface area contributed by atoms with Gasteiger partial charge in [-0.2, -0.15) is 0 Å². The third-order valence-electron chi connectivity index (χ3n) is 8.17. The van der Waals surface area contributed by atoms with Crippen LogP contribution in [0.15, 0.2) is 18.2 Å². The third kappa shape index (κ3) is 7.97. The smallest absolute Gasteiger partial charge is 0.252 e. The summed E-state index contributed by atoms with van der Waals surface area (Å²) in [6.07, 6.45) is 12.4. The summed E-state index contributed by atoms with van der Waals surface area (Å²) in [4.78, 5) is 15.5. The number of amides is 1. The number of aryl methyl sites for hydroxylation is 1. The van der Waals surface area contributed by atoms with Crippen molar-refractivity contribution in [1.82, 2.24) is 15.5 Å². The van der Waals surface area contributed by atoms with Crippen molar-refractivity contribution in [1.29, 1.82) is 0 Å². The lowest BCUT2D eigenvalue weighted by Crippen LogP contribution is -2.43. The zero-order valence-corrected chi connectivity index (χ0v) is 22.0. The van der Waals surface area contributed by atoms with E-state index in [0.29, 0.717) is 22.0 Å². The van der Waals surface area contributed by atoms with Crippen molar-refractivity contribution in [2.75, 3.05) is 32.7 Å². The van der Waals surface area contributed by atoms with Crippen LogP contribution in [0.5, 0.6) is 0 Å². The zero-order valence-electron chi connectivity index (χ0n) is 21.2. The van der Waals surface area contributed by atoms with Crippen molar-refractivity contribution in [2.24, 2.45) is 11.3 Å². The number of nitrogens with zero attached hydrogens (tertiary/aromatic N) is 1. The molecule has 0 aromatic heterocycles. The molecule has 33 heavy (non-hydrogen) atoms. The number of hydrogen-bond donors (Lipinski definition) is 2. The largest absolute Gasteiger partial charge is 0.351 e. The second-order valence-electron chi connectivity index (χ2n) is 10.6. The number of benzene rings is 1. The van der Waals surface area contributed by atoms with Gasteiger partial charge in [-0.05, 0) is 101 Å². The number of rotatable bonds is 13. The van der Waals surface area contributed by atoms with Gasteiger partial charge in [0.25, 0.3) is 5.91 Å². The second-order valence-corrected chi connectivity index (χ2v) is 11.0. The second kappa shape index (κ2) is 13.1. The average Bonchev–Trinajstić information content (AvgIpc) is 2.82. The summed E-state index contributed by atoms with van der Waals surface area (Å²) < 4.78 is 0. The average molecular weight is 476 g/mol. The van der Waals surface area contributed by atoms with Crippen LogP contribution in [0, 0.1) is 11.3 Å². The van der Waals surface area contributed by atoms with Crippen LogP contribution >= 0.6 is 11.6 Å². The van der Waals surface area contributed by atoms with Crippen LogP contribution in [0.4, 0.5) is 0 Å². The molecule has 1 unspecified atom stereocenters. The van der Waals surface area contributed by atoms with Crippen molar-refractivity contribution >= 4 is 17.5 Å². The van der Waals surface area contributed by atoms with Crippen LogP contribution in [0.3, 0.4) is 0 Å². The number of nitrogens with one attached hydrogen (secondary N) is 2. The maximum atomic E-state index is 13.0. The Morgan fingerprint density at radius 1 is 1.21 bits per heavy atom. The molecule has 0 saturated heterocycles. The minimum absolute atomic E-state index is 0.00734. The van der Waals surface area contributed by atoms with Crippen molar-refractivity contribution in [2.45, 2.75) is 91.0 Å². The Morgan fingerprint density at radius 3 is 2.64 bits per heavy atom. The minimum Gasteiger partial charge on any atom is -0.351 e. The molecule has 5 heteroatoms. The molecule has 0 aliphatic heterocycles. The van der Waals surface area contributed by atoms with Crippen LogP contribution < -0.4 is 10.6 Å². The first-order chi connectivity index (χ1) is 15.9. The highest BCUT2D eigenvalue weighted by Gasteiger charge is 2.39. The Labute approximate surface area is 207 Å². The topological polar surface area (TPSA) is 44.4 Å². The molecule has 2 aliphatic rings. The maximum Gasteiger partial charge on any atom is 0.252 e. The van der Waals surface area contributed by atoms with E-state index in [1.54, 1.807) is 0 Å². The van der Waals surface area contributed by atoms with E-state index >= 15 is 0 Å². The van der Waals surface area contributed by atoms with Crippen LogP contribution in [-0.4, -0.2) is 49.6 Å². The van der Waals surface area contributed by atoms with Crippen molar-refractivity contribution in [3.63, 3.8) is 0 Å². The van der Waals surface area contributed by atoms with Gasteiger partial charge in [-0.3, -0.25) is 4.79 Å². The summed E-state index contributed by atoms with van der Waals surface area (Å²) in [5, 5.41) is 7.46. The Hall–Kier alpha value is -1.10. The molecule has 0 radical (unpaired) electrons. The van der Waals surface area contributed by atoms with Crippen LogP contribution in [0.25, 0.3) is 0 Å². The van der Waals surface area contributed by atoms with Crippen LogP contribution in [0.1, 0.15) is 94.5 Å². The van der Waals surface area contributed by atoms with Gasteiger partial charge in [-0.25, -0.2) is 0 Å². The van der Waals surface area contributed by atoms with Gasteiger partial charge in [0, 0.05) is 12.6 Å². The van der Waals surface area contributed by atoms with E-state index in [4.69, 9.17) is 11.6 Å².